The number of sulfonamides is 1. The number of amides is 1. The Morgan fingerprint density at radius 3 is 2.69 bits per heavy atom. The highest BCUT2D eigenvalue weighted by Crippen LogP contribution is 2.14. The Balaban J connectivity index is 1.48. The van der Waals surface area contributed by atoms with Gasteiger partial charge in [0.05, 0.1) is 21.9 Å². The molecule has 150 valence electrons. The summed E-state index contributed by atoms with van der Waals surface area (Å²) < 4.78 is 28.4. The van der Waals surface area contributed by atoms with Gasteiger partial charge in [0.1, 0.15) is 0 Å². The van der Waals surface area contributed by atoms with E-state index in [0.717, 1.165) is 5.52 Å². The van der Waals surface area contributed by atoms with E-state index in [1.54, 1.807) is 35.1 Å². The van der Waals surface area contributed by atoms with E-state index in [2.05, 4.69) is 15.1 Å². The van der Waals surface area contributed by atoms with Gasteiger partial charge in [-0.25, -0.2) is 12.9 Å². The van der Waals surface area contributed by atoms with Gasteiger partial charge in [0.15, 0.2) is 0 Å². The molecule has 0 fully saturated rings. The third-order valence-electron chi connectivity index (χ3n) is 3.87. The highest BCUT2D eigenvalue weighted by atomic mass is 32.2. The highest BCUT2D eigenvalue weighted by Gasteiger charge is 2.11. The molecule has 0 aliphatic carbocycles. The molecule has 0 bridgehead atoms. The minimum absolute atomic E-state index is 0.0447. The van der Waals surface area contributed by atoms with Crippen molar-refractivity contribution < 1.29 is 18.1 Å². The molecule has 2 aromatic heterocycles. The van der Waals surface area contributed by atoms with Crippen molar-refractivity contribution in [1.82, 2.24) is 14.9 Å². The normalized spacial score (nSPS) is 11.6. The van der Waals surface area contributed by atoms with Crippen molar-refractivity contribution in [3.05, 3.63) is 76.6 Å². The second-order valence-corrected chi connectivity index (χ2v) is 7.85. The fraction of sp³-hybridized carbons (Fsp3) is 0.111. The minimum Gasteiger partial charge on any atom is -0.351 e. The molecule has 0 aliphatic rings. The summed E-state index contributed by atoms with van der Waals surface area (Å²) in [6.45, 7) is -0.0757. The number of carbonyl (C=O) groups excluding carboxylic acids is 1. The smallest absolute Gasteiger partial charge is 0.269 e. The molecule has 10 nitrogen and oxygen atoms in total. The predicted molar refractivity (Wildman–Crippen MR) is 108 cm³/mol. The standard InChI is InChI=1S/C18H17N5O5S/c24-18(6-3-14-1-4-16(5-2-14)23(25)26)19-10-12-29(27,28)21-15-8-11-22-17(13-15)7-9-20-22/h1-9,11,13,21H,10,12H2,(H,19,24). The molecule has 0 spiro atoms. The van der Waals surface area contributed by atoms with Crippen LogP contribution in [0.5, 0.6) is 0 Å². The number of nitrogens with one attached hydrogen (secondary N) is 2. The van der Waals surface area contributed by atoms with Crippen molar-refractivity contribution in [2.24, 2.45) is 0 Å². The summed E-state index contributed by atoms with van der Waals surface area (Å²) in [6, 6.07) is 10.7. The van der Waals surface area contributed by atoms with Gasteiger partial charge >= 0.3 is 0 Å². The molecular formula is C18H17N5O5S. The number of hydrogen-bond acceptors (Lipinski definition) is 6. The van der Waals surface area contributed by atoms with Crippen LogP contribution in [-0.2, 0) is 14.8 Å². The largest absolute Gasteiger partial charge is 0.351 e. The van der Waals surface area contributed by atoms with Crippen LogP contribution in [0.4, 0.5) is 11.4 Å². The van der Waals surface area contributed by atoms with Crippen LogP contribution >= 0.6 is 0 Å². The lowest BCUT2D eigenvalue weighted by Crippen LogP contribution is -2.30. The van der Waals surface area contributed by atoms with Gasteiger partial charge in [0.2, 0.25) is 15.9 Å². The van der Waals surface area contributed by atoms with Crippen LogP contribution in [0.25, 0.3) is 11.6 Å². The number of nitro groups is 1. The molecule has 0 unspecified atom stereocenters. The molecule has 1 amide bonds. The van der Waals surface area contributed by atoms with Crippen LogP contribution in [-0.4, -0.2) is 41.2 Å². The van der Waals surface area contributed by atoms with Gasteiger partial charge in [-0.1, -0.05) is 0 Å². The van der Waals surface area contributed by atoms with Crippen LogP contribution in [0.1, 0.15) is 5.56 Å². The van der Waals surface area contributed by atoms with E-state index >= 15 is 0 Å². The monoisotopic (exact) mass is 415 g/mol. The highest BCUT2D eigenvalue weighted by molar-refractivity contribution is 7.92. The van der Waals surface area contributed by atoms with E-state index in [1.165, 1.54) is 36.4 Å². The second-order valence-electron chi connectivity index (χ2n) is 6.01. The van der Waals surface area contributed by atoms with E-state index in [1.807, 2.05) is 0 Å². The number of carbonyl (C=O) groups is 1. The molecule has 0 atom stereocenters. The Labute approximate surface area is 166 Å². The molecule has 1 aromatic carbocycles. The second kappa shape index (κ2) is 8.52. The molecule has 11 heteroatoms. The SMILES string of the molecule is O=C(C=Cc1ccc([N+](=O)[O-])cc1)NCCS(=O)(=O)Nc1ccn2nccc2c1. The predicted octanol–water partition coefficient (Wildman–Crippen LogP) is 1.81. The zero-order valence-electron chi connectivity index (χ0n) is 15.1. The van der Waals surface area contributed by atoms with E-state index in [4.69, 9.17) is 0 Å². The molecule has 2 heterocycles. The Morgan fingerprint density at radius 1 is 1.21 bits per heavy atom. The van der Waals surface area contributed by atoms with Crippen molar-refractivity contribution >= 4 is 38.9 Å². The average molecular weight is 415 g/mol. The summed E-state index contributed by atoms with van der Waals surface area (Å²) >= 11 is 0. The fourth-order valence-corrected chi connectivity index (χ4v) is 3.42. The molecule has 0 saturated carbocycles. The summed E-state index contributed by atoms with van der Waals surface area (Å²) in [5.74, 6) is -0.770. The summed E-state index contributed by atoms with van der Waals surface area (Å²) in [6.07, 6.45) is 5.95. The van der Waals surface area contributed by atoms with Crippen molar-refractivity contribution in [2.75, 3.05) is 17.0 Å². The van der Waals surface area contributed by atoms with Gasteiger partial charge in [-0.3, -0.25) is 19.6 Å². The first-order valence-corrected chi connectivity index (χ1v) is 10.1. The Hall–Kier alpha value is -3.73. The number of aromatic nitrogens is 2. The molecule has 3 aromatic rings. The van der Waals surface area contributed by atoms with Crippen LogP contribution in [0.15, 0.2) is 60.9 Å². The number of hydrogen-bond donors (Lipinski definition) is 2. The molecule has 0 aliphatic heterocycles. The average Bonchev–Trinajstić information content (AvgIpc) is 3.14. The van der Waals surface area contributed by atoms with Crippen LogP contribution in [0.3, 0.4) is 0 Å². The third-order valence-corrected chi connectivity index (χ3v) is 5.16. The zero-order chi connectivity index (χ0) is 20.9. The first-order chi connectivity index (χ1) is 13.8. The number of nitro benzene ring substituents is 1. The topological polar surface area (TPSA) is 136 Å². The zero-order valence-corrected chi connectivity index (χ0v) is 15.9. The van der Waals surface area contributed by atoms with Crippen LogP contribution in [0.2, 0.25) is 0 Å². The number of nitrogens with zero attached hydrogens (tertiary/aromatic N) is 3. The van der Waals surface area contributed by atoms with Crippen molar-refractivity contribution in [2.45, 2.75) is 0 Å². The lowest BCUT2D eigenvalue weighted by Gasteiger charge is -2.08. The maximum atomic E-state index is 12.2. The number of fused-ring (bicyclic) bond motifs is 1. The van der Waals surface area contributed by atoms with E-state index in [9.17, 15) is 23.3 Å². The van der Waals surface area contributed by atoms with Crippen LogP contribution in [0, 0.1) is 10.1 Å². The molecule has 0 saturated heterocycles. The third kappa shape index (κ3) is 5.62. The number of anilines is 1. The van der Waals surface area contributed by atoms with Gasteiger partial charge < -0.3 is 5.32 Å². The minimum atomic E-state index is -3.64. The summed E-state index contributed by atoms with van der Waals surface area (Å²) in [4.78, 5) is 21.9. The van der Waals surface area contributed by atoms with Gasteiger partial charge in [-0.2, -0.15) is 5.10 Å². The fourth-order valence-electron chi connectivity index (χ4n) is 2.46. The van der Waals surface area contributed by atoms with Crippen molar-refractivity contribution in [3.8, 4) is 0 Å². The Bertz CT molecular complexity index is 1170. The number of benzene rings is 1. The maximum Gasteiger partial charge on any atom is 0.269 e. The van der Waals surface area contributed by atoms with Gasteiger partial charge in [-0.15, -0.1) is 0 Å². The van der Waals surface area contributed by atoms with E-state index in [0.29, 0.717) is 11.3 Å². The summed E-state index contributed by atoms with van der Waals surface area (Å²) in [5.41, 5.74) is 1.71. The number of pyridine rings is 1. The Morgan fingerprint density at radius 2 is 1.97 bits per heavy atom. The summed E-state index contributed by atoms with van der Waals surface area (Å²) in [7, 11) is -3.64. The van der Waals surface area contributed by atoms with Crippen molar-refractivity contribution in [3.63, 3.8) is 0 Å². The lowest BCUT2D eigenvalue weighted by atomic mass is 10.2. The van der Waals surface area contributed by atoms with Crippen LogP contribution < -0.4 is 10.0 Å². The van der Waals surface area contributed by atoms with Gasteiger partial charge in [-0.05, 0) is 42.0 Å². The molecule has 29 heavy (non-hydrogen) atoms. The summed E-state index contributed by atoms with van der Waals surface area (Å²) in [5, 5.41) is 17.1. The van der Waals surface area contributed by atoms with E-state index < -0.39 is 20.9 Å². The molecule has 2 N–H and O–H groups in total. The Kier molecular flexibility index (Phi) is 5.88. The van der Waals surface area contributed by atoms with Gasteiger partial charge in [0.25, 0.3) is 5.69 Å². The maximum absolute atomic E-state index is 12.2. The van der Waals surface area contributed by atoms with E-state index in [-0.39, 0.29) is 18.0 Å². The van der Waals surface area contributed by atoms with Crippen molar-refractivity contribution in [1.29, 1.82) is 0 Å². The number of non-ortho nitro benzene ring substituents is 1. The lowest BCUT2D eigenvalue weighted by molar-refractivity contribution is -0.384. The first kappa shape index (κ1) is 20.0. The number of rotatable bonds is 8. The first-order valence-electron chi connectivity index (χ1n) is 8.47. The molecular weight excluding hydrogens is 398 g/mol. The molecule has 0 radical (unpaired) electrons. The van der Waals surface area contributed by atoms with Gasteiger partial charge in [0, 0.05) is 37.1 Å². The quantitative estimate of drug-likeness (QED) is 0.327. The molecule has 3 rings (SSSR count).